The number of aromatic amines is 1. The van der Waals surface area contributed by atoms with E-state index in [9.17, 15) is 18.0 Å². The highest BCUT2D eigenvalue weighted by atomic mass is 35.5. The first-order valence-electron chi connectivity index (χ1n) is 8.84. The minimum Gasteiger partial charge on any atom is -0.361 e. The SMILES string of the molecule is O=C(NCc1cc(C(F)(F)F)nn1-c1cccc(Cl)c1)Nc1cccc2[nH]ccc12. The molecule has 30 heavy (non-hydrogen) atoms. The van der Waals surface area contributed by atoms with E-state index in [2.05, 4.69) is 20.7 Å². The van der Waals surface area contributed by atoms with Gasteiger partial charge in [-0.2, -0.15) is 18.3 Å². The van der Waals surface area contributed by atoms with Crippen LogP contribution in [0.2, 0.25) is 5.02 Å². The van der Waals surface area contributed by atoms with E-state index in [0.717, 1.165) is 21.7 Å². The topological polar surface area (TPSA) is 74.7 Å². The first kappa shape index (κ1) is 19.8. The minimum atomic E-state index is -4.62. The van der Waals surface area contributed by atoms with Crippen LogP contribution in [0.15, 0.2) is 60.8 Å². The predicted molar refractivity (Wildman–Crippen MR) is 108 cm³/mol. The van der Waals surface area contributed by atoms with Crippen LogP contribution in [0.5, 0.6) is 0 Å². The Balaban J connectivity index is 1.55. The highest BCUT2D eigenvalue weighted by Gasteiger charge is 2.35. The van der Waals surface area contributed by atoms with E-state index >= 15 is 0 Å². The number of amides is 2. The Morgan fingerprint density at radius 3 is 2.70 bits per heavy atom. The molecule has 0 aliphatic heterocycles. The molecule has 154 valence electrons. The van der Waals surface area contributed by atoms with Crippen molar-refractivity contribution in [3.05, 3.63) is 77.2 Å². The van der Waals surface area contributed by atoms with E-state index in [0.29, 0.717) is 16.4 Å². The van der Waals surface area contributed by atoms with Crippen LogP contribution in [-0.4, -0.2) is 20.8 Å². The minimum absolute atomic E-state index is 0.152. The van der Waals surface area contributed by atoms with Crippen molar-refractivity contribution in [2.24, 2.45) is 0 Å². The van der Waals surface area contributed by atoms with Gasteiger partial charge in [-0.15, -0.1) is 0 Å². The third-order valence-corrected chi connectivity index (χ3v) is 4.63. The molecule has 0 bridgehead atoms. The fraction of sp³-hybridized carbons (Fsp3) is 0.100. The Labute approximate surface area is 173 Å². The summed E-state index contributed by atoms with van der Waals surface area (Å²) in [5.41, 5.74) is 0.871. The van der Waals surface area contributed by atoms with Gasteiger partial charge in [0.25, 0.3) is 0 Å². The van der Waals surface area contributed by atoms with Crippen LogP contribution < -0.4 is 10.6 Å². The van der Waals surface area contributed by atoms with Gasteiger partial charge in [0.1, 0.15) is 0 Å². The van der Waals surface area contributed by atoms with Crippen molar-refractivity contribution in [2.75, 3.05) is 5.32 Å². The number of nitrogens with one attached hydrogen (secondary N) is 3. The van der Waals surface area contributed by atoms with Crippen molar-refractivity contribution in [1.29, 1.82) is 0 Å². The molecule has 0 spiro atoms. The zero-order valence-corrected chi connectivity index (χ0v) is 16.1. The van der Waals surface area contributed by atoms with Gasteiger partial charge in [0.15, 0.2) is 5.69 Å². The molecule has 6 nitrogen and oxygen atoms in total. The molecule has 2 aromatic heterocycles. The molecule has 2 aromatic carbocycles. The number of alkyl halides is 3. The second kappa shape index (κ2) is 7.75. The second-order valence-corrected chi connectivity index (χ2v) is 6.90. The molecule has 4 rings (SSSR count). The summed E-state index contributed by atoms with van der Waals surface area (Å²) in [7, 11) is 0. The first-order valence-corrected chi connectivity index (χ1v) is 9.22. The molecule has 2 amide bonds. The number of fused-ring (bicyclic) bond motifs is 1. The number of hydrogen-bond donors (Lipinski definition) is 3. The molecule has 2 heterocycles. The van der Waals surface area contributed by atoms with E-state index in [4.69, 9.17) is 11.6 Å². The third kappa shape index (κ3) is 4.11. The van der Waals surface area contributed by atoms with Gasteiger partial charge in [-0.25, -0.2) is 9.48 Å². The molecule has 3 N–H and O–H groups in total. The average Bonchev–Trinajstić information content (AvgIpc) is 3.34. The second-order valence-electron chi connectivity index (χ2n) is 6.46. The number of hydrogen-bond acceptors (Lipinski definition) is 2. The molecule has 0 aliphatic rings. The number of H-pyrrole nitrogens is 1. The molecule has 10 heteroatoms. The van der Waals surface area contributed by atoms with E-state index in [1.54, 1.807) is 36.5 Å². The molecule has 0 radical (unpaired) electrons. The summed E-state index contributed by atoms with van der Waals surface area (Å²) < 4.78 is 40.6. The number of halogens is 4. The van der Waals surface area contributed by atoms with Crippen LogP contribution in [0.4, 0.5) is 23.7 Å². The number of anilines is 1. The number of carbonyl (C=O) groups excluding carboxylic acids is 1. The normalized spacial score (nSPS) is 11.6. The lowest BCUT2D eigenvalue weighted by atomic mass is 10.2. The van der Waals surface area contributed by atoms with E-state index < -0.39 is 17.9 Å². The van der Waals surface area contributed by atoms with Crippen LogP contribution in [0.1, 0.15) is 11.4 Å². The number of carbonyl (C=O) groups is 1. The summed E-state index contributed by atoms with van der Waals surface area (Å²) in [6.45, 7) is -0.176. The standard InChI is InChI=1S/C20H15ClF3N5O/c21-12-3-1-4-13(9-12)29-14(10-18(28-29)20(22,23)24)11-26-19(30)27-17-6-2-5-16-15(17)7-8-25-16/h1-10,25H,11H2,(H2,26,27,30). The summed E-state index contributed by atoms with van der Waals surface area (Å²) in [6.07, 6.45) is -2.87. The van der Waals surface area contributed by atoms with Gasteiger partial charge < -0.3 is 15.6 Å². The summed E-state index contributed by atoms with van der Waals surface area (Å²) in [5.74, 6) is 0. The maximum absolute atomic E-state index is 13.2. The van der Waals surface area contributed by atoms with Crippen LogP contribution in [0.3, 0.4) is 0 Å². The molecule has 4 aromatic rings. The summed E-state index contributed by atoms with van der Waals surface area (Å²) >= 11 is 5.95. The fourth-order valence-electron chi connectivity index (χ4n) is 3.05. The lowest BCUT2D eigenvalue weighted by Crippen LogP contribution is -2.29. The quantitative estimate of drug-likeness (QED) is 0.406. The summed E-state index contributed by atoms with van der Waals surface area (Å²) in [6, 6.07) is 13.8. The maximum Gasteiger partial charge on any atom is 0.435 e. The van der Waals surface area contributed by atoms with Crippen molar-refractivity contribution in [3.63, 3.8) is 0 Å². The van der Waals surface area contributed by atoms with Gasteiger partial charge in [-0.3, -0.25) is 0 Å². The van der Waals surface area contributed by atoms with Crippen molar-refractivity contribution >= 4 is 34.2 Å². The fourth-order valence-corrected chi connectivity index (χ4v) is 3.23. The molecule has 0 atom stereocenters. The molecule has 0 saturated heterocycles. The van der Waals surface area contributed by atoms with E-state index in [-0.39, 0.29) is 12.2 Å². The number of rotatable bonds is 4. The van der Waals surface area contributed by atoms with E-state index in [1.807, 2.05) is 12.1 Å². The van der Waals surface area contributed by atoms with Crippen LogP contribution in [-0.2, 0) is 12.7 Å². The van der Waals surface area contributed by atoms with Gasteiger partial charge in [-0.05, 0) is 42.5 Å². The zero-order valence-electron chi connectivity index (χ0n) is 15.3. The van der Waals surface area contributed by atoms with Gasteiger partial charge in [0.2, 0.25) is 0 Å². The number of benzene rings is 2. The molecular formula is C20H15ClF3N5O. The maximum atomic E-state index is 13.2. The smallest absolute Gasteiger partial charge is 0.361 e. The molecule has 0 saturated carbocycles. The summed E-state index contributed by atoms with van der Waals surface area (Å²) in [5, 5.41) is 10.1. The lowest BCUT2D eigenvalue weighted by Gasteiger charge is -2.11. The highest BCUT2D eigenvalue weighted by Crippen LogP contribution is 2.30. The van der Waals surface area contributed by atoms with Gasteiger partial charge in [0.05, 0.1) is 23.6 Å². The van der Waals surface area contributed by atoms with Gasteiger partial charge in [-0.1, -0.05) is 23.7 Å². The van der Waals surface area contributed by atoms with Crippen LogP contribution in [0.25, 0.3) is 16.6 Å². The van der Waals surface area contributed by atoms with Gasteiger partial charge >= 0.3 is 12.2 Å². The Kier molecular flexibility index (Phi) is 5.13. The van der Waals surface area contributed by atoms with Crippen molar-refractivity contribution in [2.45, 2.75) is 12.7 Å². The number of urea groups is 1. The Morgan fingerprint density at radius 2 is 1.93 bits per heavy atom. The van der Waals surface area contributed by atoms with Crippen LogP contribution in [0, 0.1) is 0 Å². The third-order valence-electron chi connectivity index (χ3n) is 4.40. The monoisotopic (exact) mass is 433 g/mol. The number of nitrogens with zero attached hydrogens (tertiary/aromatic N) is 2. The van der Waals surface area contributed by atoms with E-state index in [1.165, 1.54) is 6.07 Å². The number of aromatic nitrogens is 3. The van der Waals surface area contributed by atoms with Crippen molar-refractivity contribution in [1.82, 2.24) is 20.1 Å². The van der Waals surface area contributed by atoms with Gasteiger partial charge in [0, 0.05) is 22.1 Å². The Morgan fingerprint density at radius 1 is 1.13 bits per heavy atom. The highest BCUT2D eigenvalue weighted by molar-refractivity contribution is 6.30. The first-order chi connectivity index (χ1) is 14.3. The Hall–Kier alpha value is -3.46. The largest absolute Gasteiger partial charge is 0.435 e. The zero-order chi connectivity index (χ0) is 21.3. The Bertz CT molecular complexity index is 1210. The molecule has 0 aliphatic carbocycles. The lowest BCUT2D eigenvalue weighted by molar-refractivity contribution is -0.141. The van der Waals surface area contributed by atoms with Crippen LogP contribution >= 0.6 is 11.6 Å². The van der Waals surface area contributed by atoms with Crippen molar-refractivity contribution < 1.29 is 18.0 Å². The average molecular weight is 434 g/mol. The van der Waals surface area contributed by atoms with Crippen molar-refractivity contribution in [3.8, 4) is 5.69 Å². The predicted octanol–water partition coefficient (Wildman–Crippen LogP) is 5.35. The summed E-state index contributed by atoms with van der Waals surface area (Å²) in [4.78, 5) is 15.4. The molecule has 0 unspecified atom stereocenters. The molecular weight excluding hydrogens is 419 g/mol. The molecule has 0 fully saturated rings.